The monoisotopic (exact) mass is 326 g/mol. The molecule has 0 bridgehead atoms. The minimum Gasteiger partial charge on any atom is -0.323 e. The predicted octanol–water partition coefficient (Wildman–Crippen LogP) is 2.56. The summed E-state index contributed by atoms with van der Waals surface area (Å²) in [7, 11) is 0. The van der Waals surface area contributed by atoms with Crippen LogP contribution in [0.25, 0.3) is 0 Å². The van der Waals surface area contributed by atoms with Crippen LogP contribution in [0.5, 0.6) is 0 Å². The lowest BCUT2D eigenvalue weighted by Crippen LogP contribution is -2.37. The van der Waals surface area contributed by atoms with Gasteiger partial charge in [-0.3, -0.25) is 14.3 Å². The summed E-state index contributed by atoms with van der Waals surface area (Å²) in [6.07, 6.45) is 3.66. The first-order valence-corrected chi connectivity index (χ1v) is 8.17. The average Bonchev–Trinajstić information content (AvgIpc) is 3.09. The van der Waals surface area contributed by atoms with Gasteiger partial charge in [0.05, 0.1) is 17.3 Å². The van der Waals surface area contributed by atoms with E-state index in [1.807, 2.05) is 45.0 Å². The summed E-state index contributed by atoms with van der Waals surface area (Å²) in [4.78, 5) is 26.6. The van der Waals surface area contributed by atoms with Crippen LogP contribution in [0, 0.1) is 0 Å². The topological polar surface area (TPSA) is 67.2 Å². The summed E-state index contributed by atoms with van der Waals surface area (Å²) >= 11 is 0. The summed E-state index contributed by atoms with van der Waals surface area (Å²) in [5.74, 6) is -0.0871. The predicted molar refractivity (Wildman–Crippen MR) is 93.0 cm³/mol. The minimum atomic E-state index is -0.546. The molecular weight excluding hydrogens is 304 g/mol. The second kappa shape index (κ2) is 6.11. The molecule has 0 saturated heterocycles. The largest absolute Gasteiger partial charge is 0.323 e. The maximum absolute atomic E-state index is 12.7. The minimum absolute atomic E-state index is 0.0373. The molecule has 126 valence electrons. The van der Waals surface area contributed by atoms with Gasteiger partial charge in [0.25, 0.3) is 0 Å². The fraction of sp³-hybridized carbons (Fsp3) is 0.389. The van der Waals surface area contributed by atoms with Crippen molar-refractivity contribution >= 4 is 23.2 Å². The van der Waals surface area contributed by atoms with Crippen molar-refractivity contribution in [3.05, 3.63) is 42.2 Å². The smallest absolute Gasteiger partial charge is 0.237 e. The molecule has 0 atom stereocenters. The molecule has 1 aromatic carbocycles. The zero-order valence-electron chi connectivity index (χ0n) is 14.2. The Morgan fingerprint density at radius 3 is 2.75 bits per heavy atom. The van der Waals surface area contributed by atoms with Gasteiger partial charge < -0.3 is 10.2 Å². The molecule has 3 rings (SSSR count). The Morgan fingerprint density at radius 1 is 1.29 bits per heavy atom. The van der Waals surface area contributed by atoms with E-state index in [-0.39, 0.29) is 18.2 Å². The fourth-order valence-electron chi connectivity index (χ4n) is 3.06. The van der Waals surface area contributed by atoms with Gasteiger partial charge in [0.2, 0.25) is 11.8 Å². The second-order valence-electron chi connectivity index (χ2n) is 6.48. The van der Waals surface area contributed by atoms with Crippen molar-refractivity contribution in [1.29, 1.82) is 0 Å². The molecule has 6 heteroatoms. The summed E-state index contributed by atoms with van der Waals surface area (Å²) in [6.45, 7) is 6.95. The summed E-state index contributed by atoms with van der Waals surface area (Å²) in [6, 6.07) is 7.77. The quantitative estimate of drug-likeness (QED) is 0.918. The van der Waals surface area contributed by atoms with Crippen molar-refractivity contribution in [1.82, 2.24) is 9.78 Å². The molecule has 0 fully saturated rings. The molecule has 0 unspecified atom stereocenters. The molecule has 1 aliphatic rings. The van der Waals surface area contributed by atoms with Crippen molar-refractivity contribution in [2.24, 2.45) is 0 Å². The van der Waals surface area contributed by atoms with Gasteiger partial charge >= 0.3 is 0 Å². The second-order valence-corrected chi connectivity index (χ2v) is 6.48. The van der Waals surface area contributed by atoms with E-state index < -0.39 is 5.41 Å². The number of hydrogen-bond donors (Lipinski definition) is 1. The van der Waals surface area contributed by atoms with E-state index in [0.717, 1.165) is 17.8 Å². The number of fused-ring (bicyclic) bond motifs is 1. The first kappa shape index (κ1) is 16.2. The third-order valence-corrected chi connectivity index (χ3v) is 4.45. The van der Waals surface area contributed by atoms with Gasteiger partial charge in [-0.2, -0.15) is 5.10 Å². The van der Waals surface area contributed by atoms with E-state index in [4.69, 9.17) is 0 Å². The third kappa shape index (κ3) is 2.79. The lowest BCUT2D eigenvalue weighted by atomic mass is 9.86. The zero-order valence-corrected chi connectivity index (χ0v) is 14.2. The standard InChI is InChI=1S/C18H22N4O2/c1-4-21-12-13(11-19-21)20-16(23)9-10-22-15-8-6-5-7-14(15)18(2,3)17(22)24/h5-8,11-12H,4,9-10H2,1-3H3,(H,20,23). The summed E-state index contributed by atoms with van der Waals surface area (Å²) in [5.41, 5.74) is 2.05. The van der Waals surface area contributed by atoms with Crippen LogP contribution in [0.3, 0.4) is 0 Å². The van der Waals surface area contributed by atoms with Gasteiger partial charge in [-0.1, -0.05) is 18.2 Å². The Bertz CT molecular complexity index is 779. The molecule has 1 aliphatic heterocycles. The highest BCUT2D eigenvalue weighted by atomic mass is 16.2. The Kier molecular flexibility index (Phi) is 4.13. The van der Waals surface area contributed by atoms with Crippen LogP contribution in [0.1, 0.15) is 32.8 Å². The highest BCUT2D eigenvalue weighted by Gasteiger charge is 2.43. The molecule has 0 saturated carbocycles. The van der Waals surface area contributed by atoms with Gasteiger partial charge in [-0.05, 0) is 32.4 Å². The average molecular weight is 326 g/mol. The number of anilines is 2. The van der Waals surface area contributed by atoms with E-state index in [2.05, 4.69) is 10.4 Å². The van der Waals surface area contributed by atoms with E-state index in [1.54, 1.807) is 22.0 Å². The van der Waals surface area contributed by atoms with Crippen LogP contribution >= 0.6 is 0 Å². The summed E-state index contributed by atoms with van der Waals surface area (Å²) in [5, 5.41) is 6.94. The molecule has 0 radical (unpaired) electrons. The number of benzene rings is 1. The number of hydrogen-bond acceptors (Lipinski definition) is 3. The number of carbonyl (C=O) groups excluding carboxylic acids is 2. The molecule has 2 aromatic rings. The highest BCUT2D eigenvalue weighted by molar-refractivity contribution is 6.08. The van der Waals surface area contributed by atoms with E-state index >= 15 is 0 Å². The molecule has 0 aliphatic carbocycles. The molecule has 1 aromatic heterocycles. The molecule has 1 N–H and O–H groups in total. The fourth-order valence-corrected chi connectivity index (χ4v) is 3.06. The van der Waals surface area contributed by atoms with Crippen molar-refractivity contribution in [3.8, 4) is 0 Å². The highest BCUT2D eigenvalue weighted by Crippen LogP contribution is 2.41. The van der Waals surface area contributed by atoms with Crippen molar-refractivity contribution in [2.75, 3.05) is 16.8 Å². The maximum atomic E-state index is 12.7. The van der Waals surface area contributed by atoms with Crippen LogP contribution < -0.4 is 10.2 Å². The number of aromatic nitrogens is 2. The normalized spacial score (nSPS) is 15.5. The Morgan fingerprint density at radius 2 is 2.04 bits per heavy atom. The molecule has 2 heterocycles. The number of carbonyl (C=O) groups is 2. The molecule has 2 amide bonds. The van der Waals surface area contributed by atoms with E-state index in [1.165, 1.54) is 0 Å². The maximum Gasteiger partial charge on any atom is 0.237 e. The SMILES string of the molecule is CCn1cc(NC(=O)CCN2C(=O)C(C)(C)c3ccccc32)cn1. The zero-order chi connectivity index (χ0) is 17.3. The Balaban J connectivity index is 1.66. The first-order valence-electron chi connectivity index (χ1n) is 8.17. The number of nitrogens with one attached hydrogen (secondary N) is 1. The van der Waals surface area contributed by atoms with Crippen LogP contribution in [0.2, 0.25) is 0 Å². The number of nitrogens with zero attached hydrogens (tertiary/aromatic N) is 3. The van der Waals surface area contributed by atoms with Crippen LogP contribution in [-0.4, -0.2) is 28.1 Å². The molecular formula is C18H22N4O2. The molecule has 0 spiro atoms. The lowest BCUT2D eigenvalue weighted by molar-refractivity contribution is -0.122. The van der Waals surface area contributed by atoms with Gasteiger partial charge in [0.15, 0.2) is 0 Å². The first-order chi connectivity index (χ1) is 11.4. The van der Waals surface area contributed by atoms with Crippen LogP contribution in [-0.2, 0) is 21.5 Å². The number of amides is 2. The van der Waals surface area contributed by atoms with Crippen LogP contribution in [0.4, 0.5) is 11.4 Å². The lowest BCUT2D eigenvalue weighted by Gasteiger charge is -2.20. The molecule has 24 heavy (non-hydrogen) atoms. The van der Waals surface area contributed by atoms with Gasteiger partial charge in [-0.25, -0.2) is 0 Å². The van der Waals surface area contributed by atoms with Crippen molar-refractivity contribution in [2.45, 2.75) is 39.2 Å². The van der Waals surface area contributed by atoms with E-state index in [9.17, 15) is 9.59 Å². The van der Waals surface area contributed by atoms with Gasteiger partial charge in [0.1, 0.15) is 0 Å². The number of rotatable bonds is 5. The number of para-hydroxylation sites is 1. The van der Waals surface area contributed by atoms with Crippen molar-refractivity contribution < 1.29 is 9.59 Å². The van der Waals surface area contributed by atoms with Gasteiger partial charge in [0, 0.05) is 31.4 Å². The van der Waals surface area contributed by atoms with E-state index in [0.29, 0.717) is 12.2 Å². The van der Waals surface area contributed by atoms with Gasteiger partial charge in [-0.15, -0.1) is 0 Å². The van der Waals surface area contributed by atoms with Crippen molar-refractivity contribution in [3.63, 3.8) is 0 Å². The third-order valence-electron chi connectivity index (χ3n) is 4.45. The molecule has 6 nitrogen and oxygen atoms in total. The summed E-state index contributed by atoms with van der Waals surface area (Å²) < 4.78 is 1.75. The Hall–Kier alpha value is -2.63. The van der Waals surface area contributed by atoms with Crippen LogP contribution in [0.15, 0.2) is 36.7 Å². The number of aryl methyl sites for hydroxylation is 1. The Labute approximate surface area is 141 Å².